The summed E-state index contributed by atoms with van der Waals surface area (Å²) in [4.78, 5) is 29.2. The molecule has 0 radical (unpaired) electrons. The lowest BCUT2D eigenvalue weighted by atomic mass is 10.1. The number of halogens is 1. The van der Waals surface area contributed by atoms with Gasteiger partial charge < -0.3 is 4.90 Å². The van der Waals surface area contributed by atoms with Crippen LogP contribution in [0.4, 0.5) is 5.69 Å². The number of rotatable bonds is 6. The van der Waals surface area contributed by atoms with E-state index in [0.29, 0.717) is 18.1 Å². The summed E-state index contributed by atoms with van der Waals surface area (Å²) in [5, 5.41) is 15.9. The molecule has 0 saturated heterocycles. The number of hydrogen-bond donors (Lipinski definition) is 0. The maximum Gasteiger partial charge on any atom is 0.295 e. The second-order valence-corrected chi connectivity index (χ2v) is 6.12. The summed E-state index contributed by atoms with van der Waals surface area (Å²) in [7, 11) is 0. The lowest BCUT2D eigenvalue weighted by molar-refractivity contribution is -0.384. The molecule has 27 heavy (non-hydrogen) atoms. The first-order valence-corrected chi connectivity index (χ1v) is 8.55. The van der Waals surface area contributed by atoms with Crippen molar-refractivity contribution in [2.24, 2.45) is 0 Å². The number of benzene rings is 2. The molecule has 9 heteroatoms. The highest BCUT2D eigenvalue weighted by Crippen LogP contribution is 2.25. The standard InChI is InChI=1S/C18H16ClN5O3/c1-2-22(10-14-5-3-4-6-15(14)19)18(25)13-7-8-16(17(9-13)24(26)27)23-12-20-11-21-23/h3-9,11-12H,2,10H2,1H3. The predicted octanol–water partition coefficient (Wildman–Crippen LogP) is 3.49. The topological polar surface area (TPSA) is 94.2 Å². The van der Waals surface area contributed by atoms with Crippen LogP contribution in [0.2, 0.25) is 5.02 Å². The van der Waals surface area contributed by atoms with Crippen LogP contribution >= 0.6 is 11.6 Å². The summed E-state index contributed by atoms with van der Waals surface area (Å²) in [5.74, 6) is -0.314. The Bertz CT molecular complexity index is 975. The predicted molar refractivity (Wildman–Crippen MR) is 99.9 cm³/mol. The number of aromatic nitrogens is 3. The van der Waals surface area contributed by atoms with E-state index in [1.54, 1.807) is 17.0 Å². The van der Waals surface area contributed by atoms with E-state index in [1.165, 1.54) is 29.5 Å². The summed E-state index contributed by atoms with van der Waals surface area (Å²) in [6.45, 7) is 2.59. The van der Waals surface area contributed by atoms with Gasteiger partial charge in [-0.15, -0.1) is 0 Å². The van der Waals surface area contributed by atoms with Crippen molar-refractivity contribution < 1.29 is 9.72 Å². The largest absolute Gasteiger partial charge is 0.335 e. The zero-order valence-electron chi connectivity index (χ0n) is 14.4. The number of nitrogens with zero attached hydrogens (tertiary/aromatic N) is 5. The van der Waals surface area contributed by atoms with Gasteiger partial charge in [0, 0.05) is 29.7 Å². The number of nitro benzene ring substituents is 1. The normalized spacial score (nSPS) is 10.6. The van der Waals surface area contributed by atoms with E-state index < -0.39 is 4.92 Å². The molecule has 1 amide bonds. The summed E-state index contributed by atoms with van der Waals surface area (Å²) < 4.78 is 1.29. The Morgan fingerprint density at radius 3 is 2.70 bits per heavy atom. The van der Waals surface area contributed by atoms with E-state index >= 15 is 0 Å². The second kappa shape index (κ2) is 7.96. The molecule has 1 aromatic heterocycles. The highest BCUT2D eigenvalue weighted by molar-refractivity contribution is 6.31. The molecular formula is C18H16ClN5O3. The van der Waals surface area contributed by atoms with Crippen molar-refractivity contribution in [3.63, 3.8) is 0 Å². The van der Waals surface area contributed by atoms with Crippen LogP contribution < -0.4 is 0 Å². The zero-order valence-corrected chi connectivity index (χ0v) is 15.2. The molecule has 0 spiro atoms. The molecule has 0 unspecified atom stereocenters. The third-order valence-electron chi connectivity index (χ3n) is 4.07. The number of carbonyl (C=O) groups is 1. The molecule has 8 nitrogen and oxygen atoms in total. The molecule has 1 heterocycles. The molecule has 138 valence electrons. The first kappa shape index (κ1) is 18.5. The van der Waals surface area contributed by atoms with Crippen molar-refractivity contribution >= 4 is 23.2 Å². The smallest absolute Gasteiger partial charge is 0.295 e. The van der Waals surface area contributed by atoms with Gasteiger partial charge in [-0.05, 0) is 30.7 Å². The third-order valence-corrected chi connectivity index (χ3v) is 4.44. The number of hydrogen-bond acceptors (Lipinski definition) is 5. The van der Waals surface area contributed by atoms with E-state index in [2.05, 4.69) is 10.1 Å². The van der Waals surface area contributed by atoms with Crippen molar-refractivity contribution in [2.75, 3.05) is 6.54 Å². The number of nitro groups is 1. The van der Waals surface area contributed by atoms with Crippen molar-refractivity contribution in [3.8, 4) is 5.69 Å². The SMILES string of the molecule is CCN(Cc1ccccc1Cl)C(=O)c1ccc(-n2cncn2)c([N+](=O)[O-])c1. The van der Waals surface area contributed by atoms with Gasteiger partial charge in [-0.2, -0.15) is 5.10 Å². The molecule has 0 saturated carbocycles. The fraction of sp³-hybridized carbons (Fsp3) is 0.167. The fourth-order valence-corrected chi connectivity index (χ4v) is 2.87. The van der Waals surface area contributed by atoms with Crippen LogP contribution in [0.1, 0.15) is 22.8 Å². The van der Waals surface area contributed by atoms with Crippen LogP contribution in [0.15, 0.2) is 55.1 Å². The average molecular weight is 386 g/mol. The Morgan fingerprint density at radius 1 is 1.30 bits per heavy atom. The molecule has 2 aromatic carbocycles. The maximum absolute atomic E-state index is 12.9. The van der Waals surface area contributed by atoms with Gasteiger partial charge in [0.15, 0.2) is 0 Å². The molecule has 3 aromatic rings. The van der Waals surface area contributed by atoms with Gasteiger partial charge in [0.25, 0.3) is 11.6 Å². The quantitative estimate of drug-likeness (QED) is 0.478. The first-order chi connectivity index (χ1) is 13.0. The highest BCUT2D eigenvalue weighted by Gasteiger charge is 2.22. The Kier molecular flexibility index (Phi) is 5.46. The Balaban J connectivity index is 1.92. The van der Waals surface area contributed by atoms with Crippen molar-refractivity contribution in [3.05, 3.63) is 81.4 Å². The van der Waals surface area contributed by atoms with E-state index in [1.807, 2.05) is 25.1 Å². The van der Waals surface area contributed by atoms with E-state index in [4.69, 9.17) is 11.6 Å². The van der Waals surface area contributed by atoms with Gasteiger partial charge >= 0.3 is 0 Å². The van der Waals surface area contributed by atoms with Gasteiger partial charge in [-0.25, -0.2) is 9.67 Å². The van der Waals surface area contributed by atoms with Gasteiger partial charge in [-0.1, -0.05) is 29.8 Å². The molecule has 0 aliphatic heterocycles. The summed E-state index contributed by atoms with van der Waals surface area (Å²) >= 11 is 6.18. The summed E-state index contributed by atoms with van der Waals surface area (Å²) in [6.07, 6.45) is 2.64. The van der Waals surface area contributed by atoms with Crippen LogP contribution in [-0.2, 0) is 6.54 Å². The third kappa shape index (κ3) is 3.95. The molecule has 0 fully saturated rings. The second-order valence-electron chi connectivity index (χ2n) is 5.71. The van der Waals surface area contributed by atoms with Gasteiger partial charge in [0.05, 0.1) is 4.92 Å². The highest BCUT2D eigenvalue weighted by atomic mass is 35.5. The Hall–Kier alpha value is -3.26. The van der Waals surface area contributed by atoms with Crippen LogP contribution in [0, 0.1) is 10.1 Å². The number of amides is 1. The van der Waals surface area contributed by atoms with Crippen LogP contribution in [0.25, 0.3) is 5.69 Å². The van der Waals surface area contributed by atoms with Crippen LogP contribution in [0.3, 0.4) is 0 Å². The van der Waals surface area contributed by atoms with Crippen molar-refractivity contribution in [1.29, 1.82) is 0 Å². The van der Waals surface area contributed by atoms with E-state index in [9.17, 15) is 14.9 Å². The minimum absolute atomic E-state index is 0.222. The molecule has 0 aliphatic rings. The summed E-state index contributed by atoms with van der Waals surface area (Å²) in [6, 6.07) is 11.6. The van der Waals surface area contributed by atoms with E-state index in [-0.39, 0.29) is 22.8 Å². The zero-order chi connectivity index (χ0) is 19.4. The van der Waals surface area contributed by atoms with Crippen molar-refractivity contribution in [2.45, 2.75) is 13.5 Å². The average Bonchev–Trinajstić information content (AvgIpc) is 3.21. The molecule has 0 aliphatic carbocycles. The molecule has 0 atom stereocenters. The van der Waals surface area contributed by atoms with E-state index in [0.717, 1.165) is 5.56 Å². The van der Waals surface area contributed by atoms with Gasteiger partial charge in [0.2, 0.25) is 0 Å². The molecule has 0 N–H and O–H groups in total. The maximum atomic E-state index is 12.9. The monoisotopic (exact) mass is 385 g/mol. The molecular weight excluding hydrogens is 370 g/mol. The molecule has 0 bridgehead atoms. The first-order valence-electron chi connectivity index (χ1n) is 8.17. The fourth-order valence-electron chi connectivity index (χ4n) is 2.67. The van der Waals surface area contributed by atoms with Crippen molar-refractivity contribution in [1.82, 2.24) is 19.7 Å². The summed E-state index contributed by atoms with van der Waals surface area (Å²) in [5.41, 5.74) is 1.05. The van der Waals surface area contributed by atoms with Gasteiger partial charge in [0.1, 0.15) is 18.3 Å². The lowest BCUT2D eigenvalue weighted by Crippen LogP contribution is -2.30. The minimum Gasteiger partial charge on any atom is -0.335 e. The number of carbonyl (C=O) groups excluding carboxylic acids is 1. The minimum atomic E-state index is -0.544. The van der Waals surface area contributed by atoms with Crippen LogP contribution in [-0.4, -0.2) is 37.0 Å². The molecule has 3 rings (SSSR count). The Morgan fingerprint density at radius 2 is 2.07 bits per heavy atom. The lowest BCUT2D eigenvalue weighted by Gasteiger charge is -2.21. The Labute approximate surface area is 160 Å². The van der Waals surface area contributed by atoms with Crippen LogP contribution in [0.5, 0.6) is 0 Å². The van der Waals surface area contributed by atoms with Gasteiger partial charge in [-0.3, -0.25) is 14.9 Å².